The summed E-state index contributed by atoms with van der Waals surface area (Å²) in [4.78, 5) is 16.3. The van der Waals surface area contributed by atoms with Crippen molar-refractivity contribution in [3.8, 4) is 0 Å². The summed E-state index contributed by atoms with van der Waals surface area (Å²) in [7, 11) is 0. The summed E-state index contributed by atoms with van der Waals surface area (Å²) < 4.78 is 0. The van der Waals surface area contributed by atoms with E-state index in [4.69, 9.17) is 4.84 Å². The highest BCUT2D eigenvalue weighted by Gasteiger charge is 2.34. The number of nitrogens with one attached hydrogen (secondary N) is 1. The third-order valence-electron chi connectivity index (χ3n) is 2.66. The van der Waals surface area contributed by atoms with Gasteiger partial charge < -0.3 is 0 Å². The van der Waals surface area contributed by atoms with Crippen molar-refractivity contribution >= 4 is 5.91 Å². The van der Waals surface area contributed by atoms with E-state index in [0.29, 0.717) is 12.0 Å². The van der Waals surface area contributed by atoms with Gasteiger partial charge >= 0.3 is 0 Å². The maximum atomic E-state index is 11.5. The number of hydrogen-bond acceptors (Lipinski definition) is 2. The van der Waals surface area contributed by atoms with Crippen molar-refractivity contribution in [2.24, 2.45) is 11.3 Å². The van der Waals surface area contributed by atoms with Crippen molar-refractivity contribution in [2.75, 3.05) is 6.61 Å². The Morgan fingerprint density at radius 2 is 2.31 bits per heavy atom. The van der Waals surface area contributed by atoms with Crippen LogP contribution in [0.4, 0.5) is 0 Å². The van der Waals surface area contributed by atoms with Gasteiger partial charge in [0.05, 0.1) is 6.61 Å². The van der Waals surface area contributed by atoms with Gasteiger partial charge in [0.2, 0.25) is 5.91 Å². The second-order valence-corrected chi connectivity index (χ2v) is 4.50. The zero-order valence-electron chi connectivity index (χ0n) is 8.72. The van der Waals surface area contributed by atoms with E-state index >= 15 is 0 Å². The molecule has 1 amide bonds. The smallest absolute Gasteiger partial charge is 0.246 e. The summed E-state index contributed by atoms with van der Waals surface area (Å²) in [6.07, 6.45) is 3.11. The number of carbonyl (C=O) groups excluding carboxylic acids is 1. The largest absolute Gasteiger partial charge is 0.274 e. The first-order valence-electron chi connectivity index (χ1n) is 4.97. The highest BCUT2D eigenvalue weighted by molar-refractivity contribution is 5.77. The first-order chi connectivity index (χ1) is 6.05. The van der Waals surface area contributed by atoms with Gasteiger partial charge in [-0.3, -0.25) is 9.63 Å². The molecule has 0 radical (unpaired) electrons. The normalized spacial score (nSPS) is 25.9. The predicted molar refractivity (Wildman–Crippen MR) is 50.9 cm³/mol. The molecule has 0 aromatic rings. The average molecular weight is 185 g/mol. The van der Waals surface area contributed by atoms with Crippen LogP contribution in [0.2, 0.25) is 0 Å². The summed E-state index contributed by atoms with van der Waals surface area (Å²) in [5, 5.41) is 0. The molecule has 0 bridgehead atoms. The summed E-state index contributed by atoms with van der Waals surface area (Å²) in [5.41, 5.74) is 2.80. The molecular formula is C10H19NO2. The lowest BCUT2D eigenvalue weighted by Crippen LogP contribution is -2.30. The molecule has 0 saturated heterocycles. The molecule has 1 N–H and O–H groups in total. The van der Waals surface area contributed by atoms with E-state index in [2.05, 4.69) is 19.3 Å². The number of hydrogen-bond donors (Lipinski definition) is 1. The minimum Gasteiger partial charge on any atom is -0.274 e. The second kappa shape index (κ2) is 4.09. The molecule has 76 valence electrons. The Morgan fingerprint density at radius 1 is 1.62 bits per heavy atom. The van der Waals surface area contributed by atoms with Crippen LogP contribution in [0.15, 0.2) is 0 Å². The Bertz CT molecular complexity index is 189. The fraction of sp³-hybridized carbons (Fsp3) is 0.900. The summed E-state index contributed by atoms with van der Waals surface area (Å²) in [6, 6.07) is 0. The van der Waals surface area contributed by atoms with Gasteiger partial charge in [0, 0.05) is 5.92 Å². The molecule has 1 aliphatic rings. The maximum Gasteiger partial charge on any atom is 0.246 e. The molecule has 1 rings (SSSR count). The molecule has 1 saturated carbocycles. The van der Waals surface area contributed by atoms with Gasteiger partial charge in [-0.2, -0.15) is 0 Å². The SMILES string of the molecule is CCONC(=O)C1CCC(C)(C)C1. The molecule has 1 aliphatic carbocycles. The van der Waals surface area contributed by atoms with Crippen molar-refractivity contribution < 1.29 is 9.63 Å². The van der Waals surface area contributed by atoms with Gasteiger partial charge in [-0.15, -0.1) is 0 Å². The van der Waals surface area contributed by atoms with Crippen LogP contribution in [-0.4, -0.2) is 12.5 Å². The van der Waals surface area contributed by atoms with Crippen LogP contribution in [0, 0.1) is 11.3 Å². The zero-order chi connectivity index (χ0) is 9.90. The quantitative estimate of drug-likeness (QED) is 0.682. The van der Waals surface area contributed by atoms with Crippen molar-refractivity contribution in [1.29, 1.82) is 0 Å². The van der Waals surface area contributed by atoms with E-state index in [0.717, 1.165) is 19.3 Å². The third kappa shape index (κ3) is 2.99. The highest BCUT2D eigenvalue weighted by atomic mass is 16.6. The Balaban J connectivity index is 2.33. The summed E-state index contributed by atoms with van der Waals surface area (Å²) in [5.74, 6) is 0.203. The molecule has 0 heterocycles. The summed E-state index contributed by atoms with van der Waals surface area (Å²) in [6.45, 7) is 6.81. The maximum absolute atomic E-state index is 11.5. The number of carbonyl (C=O) groups is 1. The first kappa shape index (κ1) is 10.5. The number of hydroxylamine groups is 1. The molecule has 3 heteroatoms. The molecule has 0 aromatic carbocycles. The molecule has 0 aromatic heterocycles. The lowest BCUT2D eigenvalue weighted by atomic mass is 9.90. The third-order valence-corrected chi connectivity index (χ3v) is 2.66. The topological polar surface area (TPSA) is 38.3 Å². The molecule has 0 spiro atoms. The van der Waals surface area contributed by atoms with E-state index in [9.17, 15) is 4.79 Å². The minimum atomic E-state index is 0.0485. The van der Waals surface area contributed by atoms with Crippen LogP contribution in [0.3, 0.4) is 0 Å². The van der Waals surface area contributed by atoms with Gasteiger partial charge in [-0.25, -0.2) is 5.48 Å². The van der Waals surface area contributed by atoms with E-state index < -0.39 is 0 Å². The fourth-order valence-corrected chi connectivity index (χ4v) is 1.89. The number of rotatable bonds is 3. The Morgan fingerprint density at radius 3 is 2.77 bits per heavy atom. The predicted octanol–water partition coefficient (Wildman–Crippen LogP) is 1.88. The lowest BCUT2D eigenvalue weighted by molar-refractivity contribution is -0.137. The van der Waals surface area contributed by atoms with Gasteiger partial charge in [0.1, 0.15) is 0 Å². The van der Waals surface area contributed by atoms with Crippen molar-refractivity contribution in [3.63, 3.8) is 0 Å². The standard InChI is InChI=1S/C10H19NO2/c1-4-13-11-9(12)8-5-6-10(2,3)7-8/h8H,4-7H2,1-3H3,(H,11,12). The molecule has 1 unspecified atom stereocenters. The Kier molecular flexibility index (Phi) is 3.31. The van der Waals surface area contributed by atoms with E-state index in [1.807, 2.05) is 6.92 Å². The van der Waals surface area contributed by atoms with Gasteiger partial charge in [0.25, 0.3) is 0 Å². The van der Waals surface area contributed by atoms with Crippen LogP contribution < -0.4 is 5.48 Å². The van der Waals surface area contributed by atoms with Crippen molar-refractivity contribution in [1.82, 2.24) is 5.48 Å². The fourth-order valence-electron chi connectivity index (χ4n) is 1.89. The lowest BCUT2D eigenvalue weighted by Gasteiger charge is -2.16. The van der Waals surface area contributed by atoms with E-state index in [-0.39, 0.29) is 11.8 Å². The van der Waals surface area contributed by atoms with Crippen LogP contribution in [-0.2, 0) is 9.63 Å². The van der Waals surface area contributed by atoms with Gasteiger partial charge in [-0.1, -0.05) is 13.8 Å². The summed E-state index contributed by atoms with van der Waals surface area (Å²) >= 11 is 0. The van der Waals surface area contributed by atoms with E-state index in [1.54, 1.807) is 0 Å². The van der Waals surface area contributed by atoms with Crippen LogP contribution >= 0.6 is 0 Å². The molecule has 3 nitrogen and oxygen atoms in total. The minimum absolute atomic E-state index is 0.0485. The molecule has 13 heavy (non-hydrogen) atoms. The van der Waals surface area contributed by atoms with Crippen molar-refractivity contribution in [2.45, 2.75) is 40.0 Å². The Labute approximate surface area is 79.8 Å². The highest BCUT2D eigenvalue weighted by Crippen LogP contribution is 2.40. The monoisotopic (exact) mass is 185 g/mol. The van der Waals surface area contributed by atoms with Crippen LogP contribution in [0.25, 0.3) is 0 Å². The van der Waals surface area contributed by atoms with Crippen LogP contribution in [0.1, 0.15) is 40.0 Å². The molecular weight excluding hydrogens is 166 g/mol. The molecule has 1 fully saturated rings. The number of amides is 1. The second-order valence-electron chi connectivity index (χ2n) is 4.50. The molecule has 0 aliphatic heterocycles. The van der Waals surface area contributed by atoms with E-state index in [1.165, 1.54) is 0 Å². The average Bonchev–Trinajstić information content (AvgIpc) is 2.42. The molecule has 1 atom stereocenters. The zero-order valence-corrected chi connectivity index (χ0v) is 8.72. The van der Waals surface area contributed by atoms with Gasteiger partial charge in [0.15, 0.2) is 0 Å². The van der Waals surface area contributed by atoms with Gasteiger partial charge in [-0.05, 0) is 31.6 Å². The first-order valence-corrected chi connectivity index (χ1v) is 4.97. The van der Waals surface area contributed by atoms with Crippen molar-refractivity contribution in [3.05, 3.63) is 0 Å². The Hall–Kier alpha value is -0.570. The van der Waals surface area contributed by atoms with Crippen LogP contribution in [0.5, 0.6) is 0 Å².